The van der Waals surface area contributed by atoms with E-state index in [0.717, 1.165) is 52.7 Å². The zero-order valence-electron chi connectivity index (χ0n) is 22.3. The quantitative estimate of drug-likeness (QED) is 0.470. The van der Waals surface area contributed by atoms with Gasteiger partial charge in [-0.25, -0.2) is 4.79 Å². The first-order valence-corrected chi connectivity index (χ1v) is 12.7. The number of likely N-dealkylation sites (tertiary alicyclic amines) is 1. The van der Waals surface area contributed by atoms with Crippen molar-refractivity contribution in [2.75, 3.05) is 20.3 Å². The number of hydrogen-bond donors (Lipinski definition) is 2. The van der Waals surface area contributed by atoms with Gasteiger partial charge in [0.1, 0.15) is 18.0 Å². The fraction of sp³-hybridized carbons (Fsp3) is 0.448. The number of aliphatic hydroxyl groups is 1. The van der Waals surface area contributed by atoms with E-state index < -0.39 is 18.3 Å². The van der Waals surface area contributed by atoms with Crippen molar-refractivity contribution >= 4 is 22.8 Å². The summed E-state index contributed by atoms with van der Waals surface area (Å²) in [5.74, 6) is 0.467. The van der Waals surface area contributed by atoms with E-state index in [-0.39, 0.29) is 17.9 Å². The number of benzene rings is 2. The Morgan fingerprint density at radius 2 is 1.86 bits per heavy atom. The molecule has 3 aromatic rings. The molecule has 1 saturated heterocycles. The Balaban J connectivity index is 1.72. The van der Waals surface area contributed by atoms with Crippen molar-refractivity contribution in [2.45, 2.75) is 64.8 Å². The Morgan fingerprint density at radius 3 is 2.49 bits per heavy atom. The van der Waals surface area contributed by atoms with E-state index in [1.54, 1.807) is 30.0 Å². The number of aromatic nitrogens is 1. The van der Waals surface area contributed by atoms with E-state index in [0.29, 0.717) is 12.1 Å². The number of methoxy groups -OCH3 is 1. The first kappa shape index (κ1) is 26.9. The number of fused-ring (bicyclic) bond motifs is 1. The SMILES string of the molecule is COc1cc(C)c2c(ccn2C(=O)OC(C)(C)C)c1CN1CC[C@H](N)CC1c1ccc(C(=O)CO)cc1. The van der Waals surface area contributed by atoms with Crippen LogP contribution in [0.2, 0.25) is 0 Å². The molecule has 8 nitrogen and oxygen atoms in total. The normalized spacial score (nSPS) is 18.7. The minimum Gasteiger partial charge on any atom is -0.496 e. The average molecular weight is 508 g/mol. The van der Waals surface area contributed by atoms with Gasteiger partial charge in [-0.15, -0.1) is 0 Å². The molecule has 2 heterocycles. The molecule has 198 valence electrons. The Kier molecular flexibility index (Phi) is 7.73. The van der Waals surface area contributed by atoms with Gasteiger partial charge in [-0.05, 0) is 63.8 Å². The molecule has 2 aromatic carbocycles. The van der Waals surface area contributed by atoms with Crippen molar-refractivity contribution in [3.8, 4) is 5.75 Å². The number of nitrogens with zero attached hydrogens (tertiary/aromatic N) is 2. The Labute approximate surface area is 218 Å². The highest BCUT2D eigenvalue weighted by molar-refractivity contribution is 5.97. The van der Waals surface area contributed by atoms with E-state index in [9.17, 15) is 14.7 Å². The highest BCUT2D eigenvalue weighted by atomic mass is 16.6. The average Bonchev–Trinajstić information content (AvgIpc) is 3.31. The second-order valence-corrected chi connectivity index (χ2v) is 10.8. The highest BCUT2D eigenvalue weighted by Crippen LogP contribution is 2.38. The number of carbonyl (C=O) groups is 2. The standard InChI is InChI=1S/C29H37N3O5/c1-18-14-26(36-5)23(22-11-13-32(27(18)22)28(35)37-29(2,3)4)16-31-12-10-21(30)15-24(31)19-6-8-20(9-7-19)25(34)17-33/h6-9,11,13-14,21,24,33H,10,12,15-17,30H2,1-5H3/t21-,24?/m0/s1. The number of Topliss-reactive ketones (excluding diaryl/α,β-unsaturated/α-hetero) is 1. The second-order valence-electron chi connectivity index (χ2n) is 10.8. The van der Waals surface area contributed by atoms with E-state index in [1.807, 2.05) is 52.0 Å². The molecule has 8 heteroatoms. The molecular formula is C29H37N3O5. The van der Waals surface area contributed by atoms with E-state index in [2.05, 4.69) is 4.90 Å². The third-order valence-corrected chi connectivity index (χ3v) is 6.92. The molecule has 0 radical (unpaired) electrons. The van der Waals surface area contributed by atoms with Gasteiger partial charge in [0, 0.05) is 47.9 Å². The number of nitrogens with two attached hydrogens (primary N) is 1. The molecule has 2 atom stereocenters. The second kappa shape index (κ2) is 10.7. The van der Waals surface area contributed by atoms with Crippen LogP contribution >= 0.6 is 0 Å². The molecule has 3 N–H and O–H groups in total. The number of rotatable bonds is 6. The predicted octanol–water partition coefficient (Wildman–Crippen LogP) is 4.58. The Morgan fingerprint density at radius 1 is 1.16 bits per heavy atom. The van der Waals surface area contributed by atoms with Crippen LogP contribution in [0.4, 0.5) is 4.79 Å². The number of hydrogen-bond acceptors (Lipinski definition) is 7. The van der Waals surface area contributed by atoms with E-state index in [4.69, 9.17) is 15.2 Å². The fourth-order valence-corrected chi connectivity index (χ4v) is 5.13. The van der Waals surface area contributed by atoms with Crippen LogP contribution in [0.5, 0.6) is 5.75 Å². The van der Waals surface area contributed by atoms with Crippen molar-refractivity contribution in [3.05, 3.63) is 64.8 Å². The summed E-state index contributed by atoms with van der Waals surface area (Å²) in [6, 6.07) is 11.5. The molecule has 1 aromatic heterocycles. The molecule has 1 aliphatic rings. The number of piperidine rings is 1. The summed E-state index contributed by atoms with van der Waals surface area (Å²) in [4.78, 5) is 27.2. The minimum atomic E-state index is -0.603. The lowest BCUT2D eigenvalue weighted by Crippen LogP contribution is -2.41. The van der Waals surface area contributed by atoms with Gasteiger partial charge in [-0.1, -0.05) is 24.3 Å². The first-order valence-electron chi connectivity index (χ1n) is 12.7. The molecule has 37 heavy (non-hydrogen) atoms. The zero-order chi connectivity index (χ0) is 26.9. The van der Waals surface area contributed by atoms with E-state index >= 15 is 0 Å². The van der Waals surface area contributed by atoms with Gasteiger partial charge in [0.15, 0.2) is 5.78 Å². The molecule has 0 amide bonds. The van der Waals surface area contributed by atoms with Crippen LogP contribution in [0.15, 0.2) is 42.6 Å². The molecule has 0 aliphatic carbocycles. The molecule has 1 fully saturated rings. The summed E-state index contributed by atoms with van der Waals surface area (Å²) in [5.41, 5.74) is 10.1. The van der Waals surface area contributed by atoms with Crippen LogP contribution in [-0.4, -0.2) is 58.4 Å². The smallest absolute Gasteiger partial charge is 0.419 e. The number of ether oxygens (including phenoxy) is 2. The molecule has 0 saturated carbocycles. The van der Waals surface area contributed by atoms with Crippen molar-refractivity contribution in [2.24, 2.45) is 5.73 Å². The van der Waals surface area contributed by atoms with Gasteiger partial charge in [-0.3, -0.25) is 14.3 Å². The molecule has 1 aliphatic heterocycles. The minimum absolute atomic E-state index is 0.0519. The Hall–Kier alpha value is -3.20. The van der Waals surface area contributed by atoms with Gasteiger partial charge in [0.05, 0.1) is 12.6 Å². The van der Waals surface area contributed by atoms with Crippen LogP contribution in [-0.2, 0) is 11.3 Å². The van der Waals surface area contributed by atoms with Gasteiger partial charge in [0.25, 0.3) is 0 Å². The molecule has 4 rings (SSSR count). The monoisotopic (exact) mass is 507 g/mol. The number of aryl methyl sites for hydroxylation is 1. The summed E-state index contributed by atoms with van der Waals surface area (Å²) >= 11 is 0. The van der Waals surface area contributed by atoms with Crippen LogP contribution < -0.4 is 10.5 Å². The van der Waals surface area contributed by atoms with Crippen LogP contribution in [0.3, 0.4) is 0 Å². The van der Waals surface area contributed by atoms with Crippen molar-refractivity contribution < 1.29 is 24.2 Å². The summed E-state index contributed by atoms with van der Waals surface area (Å²) in [5, 5.41) is 10.1. The van der Waals surface area contributed by atoms with Gasteiger partial charge < -0.3 is 20.3 Å². The highest BCUT2D eigenvalue weighted by Gasteiger charge is 2.30. The largest absolute Gasteiger partial charge is 0.496 e. The summed E-state index contributed by atoms with van der Waals surface area (Å²) in [6.07, 6.45) is 2.99. The maximum atomic E-state index is 13.0. The molecular weight excluding hydrogens is 470 g/mol. The molecule has 0 spiro atoms. The van der Waals surface area contributed by atoms with Crippen molar-refractivity contribution in [3.63, 3.8) is 0 Å². The summed E-state index contributed by atoms with van der Waals surface area (Å²) in [7, 11) is 1.66. The van der Waals surface area contributed by atoms with Gasteiger partial charge >= 0.3 is 6.09 Å². The van der Waals surface area contributed by atoms with Crippen LogP contribution in [0, 0.1) is 6.92 Å². The number of carbonyl (C=O) groups excluding carboxylic acids is 2. The first-order chi connectivity index (χ1) is 17.5. The number of aliphatic hydroxyl groups excluding tert-OH is 1. The third kappa shape index (κ3) is 5.71. The molecule has 0 bridgehead atoms. The topological polar surface area (TPSA) is 107 Å². The third-order valence-electron chi connectivity index (χ3n) is 6.92. The fourth-order valence-electron chi connectivity index (χ4n) is 5.13. The lowest BCUT2D eigenvalue weighted by atomic mass is 9.90. The van der Waals surface area contributed by atoms with E-state index in [1.165, 1.54) is 0 Å². The maximum absolute atomic E-state index is 13.0. The van der Waals surface area contributed by atoms with Gasteiger partial charge in [-0.2, -0.15) is 0 Å². The van der Waals surface area contributed by atoms with Crippen LogP contribution in [0.25, 0.3) is 10.9 Å². The lowest BCUT2D eigenvalue weighted by Gasteiger charge is -2.39. The Bertz CT molecular complexity index is 1290. The summed E-state index contributed by atoms with van der Waals surface area (Å²) < 4.78 is 13.0. The zero-order valence-corrected chi connectivity index (χ0v) is 22.3. The number of ketones is 1. The predicted molar refractivity (Wildman–Crippen MR) is 143 cm³/mol. The maximum Gasteiger partial charge on any atom is 0.419 e. The van der Waals surface area contributed by atoms with Crippen LogP contribution in [0.1, 0.15) is 66.7 Å². The lowest BCUT2D eigenvalue weighted by molar-refractivity contribution is 0.0544. The van der Waals surface area contributed by atoms with Crippen molar-refractivity contribution in [1.29, 1.82) is 0 Å². The van der Waals surface area contributed by atoms with Gasteiger partial charge in [0.2, 0.25) is 0 Å². The van der Waals surface area contributed by atoms with Crippen molar-refractivity contribution in [1.82, 2.24) is 9.47 Å². The summed E-state index contributed by atoms with van der Waals surface area (Å²) in [6.45, 7) is 8.42. The molecule has 1 unspecified atom stereocenters.